The lowest BCUT2D eigenvalue weighted by Gasteiger charge is -2.13. The number of fused-ring (bicyclic) bond motifs is 1. The predicted molar refractivity (Wildman–Crippen MR) is 98.0 cm³/mol. The summed E-state index contributed by atoms with van der Waals surface area (Å²) in [5.74, 6) is 0.383. The van der Waals surface area contributed by atoms with Crippen LogP contribution in [0.25, 0.3) is 11.0 Å². The lowest BCUT2D eigenvalue weighted by Crippen LogP contribution is -2.27. The summed E-state index contributed by atoms with van der Waals surface area (Å²) in [4.78, 5) is 22.2. The van der Waals surface area contributed by atoms with Crippen LogP contribution in [0.5, 0.6) is 0 Å². The van der Waals surface area contributed by atoms with Crippen molar-refractivity contribution >= 4 is 28.3 Å². The topological polar surface area (TPSA) is 72.7 Å². The molecule has 4 rings (SSSR count). The Balaban J connectivity index is 1.72. The first-order chi connectivity index (χ1) is 11.9. The van der Waals surface area contributed by atoms with Crippen molar-refractivity contribution in [2.75, 3.05) is 0 Å². The Morgan fingerprint density at radius 1 is 1.36 bits per heavy atom. The highest BCUT2D eigenvalue weighted by molar-refractivity contribution is 7.09. The number of thiazole rings is 1. The van der Waals surface area contributed by atoms with Crippen LogP contribution >= 0.6 is 11.3 Å². The van der Waals surface area contributed by atoms with Crippen LogP contribution in [0.2, 0.25) is 0 Å². The summed E-state index contributed by atoms with van der Waals surface area (Å²) in [6.07, 6.45) is 2.29. The molecule has 6 nitrogen and oxygen atoms in total. The summed E-state index contributed by atoms with van der Waals surface area (Å²) in [5.41, 5.74) is 4.17. The average molecular weight is 355 g/mol. The number of hydrogen-bond donors (Lipinski definition) is 1. The summed E-state index contributed by atoms with van der Waals surface area (Å²) in [6.45, 7) is 5.85. The monoisotopic (exact) mass is 355 g/mol. The van der Waals surface area contributed by atoms with E-state index in [4.69, 9.17) is 4.98 Å². The molecule has 0 radical (unpaired) electrons. The Morgan fingerprint density at radius 2 is 2.12 bits per heavy atom. The number of aromatic nitrogens is 4. The van der Waals surface area contributed by atoms with Crippen LogP contribution in [-0.2, 0) is 7.05 Å². The second kappa shape index (κ2) is 5.91. The molecule has 1 atom stereocenters. The Kier molecular flexibility index (Phi) is 3.83. The van der Waals surface area contributed by atoms with E-state index < -0.39 is 0 Å². The largest absolute Gasteiger partial charge is 0.344 e. The quantitative estimate of drug-likeness (QED) is 0.778. The average Bonchev–Trinajstić information content (AvgIpc) is 3.27. The molecule has 0 bridgehead atoms. The molecule has 130 valence electrons. The van der Waals surface area contributed by atoms with E-state index in [-0.39, 0.29) is 11.9 Å². The molecular weight excluding hydrogens is 334 g/mol. The van der Waals surface area contributed by atoms with Crippen molar-refractivity contribution in [1.82, 2.24) is 25.1 Å². The molecule has 7 heteroatoms. The number of rotatable bonds is 4. The fourth-order valence-electron chi connectivity index (χ4n) is 3.16. The summed E-state index contributed by atoms with van der Waals surface area (Å²) >= 11 is 1.59. The lowest BCUT2D eigenvalue weighted by atomic mass is 10.1. The number of hydrogen-bond acceptors (Lipinski definition) is 5. The van der Waals surface area contributed by atoms with E-state index in [0.717, 1.165) is 46.0 Å². The van der Waals surface area contributed by atoms with Crippen LogP contribution in [0.4, 0.5) is 0 Å². The molecule has 1 unspecified atom stereocenters. The molecule has 1 N–H and O–H groups in total. The zero-order chi connectivity index (χ0) is 17.7. The van der Waals surface area contributed by atoms with Gasteiger partial charge < -0.3 is 5.32 Å². The van der Waals surface area contributed by atoms with Gasteiger partial charge >= 0.3 is 0 Å². The lowest BCUT2D eigenvalue weighted by molar-refractivity contribution is 0.0940. The fraction of sp³-hybridized carbons (Fsp3) is 0.444. The third-order valence-corrected chi connectivity index (χ3v) is 5.45. The molecule has 1 fully saturated rings. The first-order valence-electron chi connectivity index (χ1n) is 8.51. The SMILES string of the molecule is Cc1nc(C(C)NC(=O)c2cc(C3CC3)nc3c2c(C)nn3C)cs1. The van der Waals surface area contributed by atoms with Crippen molar-refractivity contribution in [3.63, 3.8) is 0 Å². The van der Waals surface area contributed by atoms with Gasteiger partial charge in [-0.3, -0.25) is 9.48 Å². The number of carbonyl (C=O) groups excluding carboxylic acids is 1. The molecule has 1 saturated carbocycles. The van der Waals surface area contributed by atoms with Gasteiger partial charge in [-0.05, 0) is 39.7 Å². The van der Waals surface area contributed by atoms with Gasteiger partial charge in [-0.15, -0.1) is 11.3 Å². The van der Waals surface area contributed by atoms with Gasteiger partial charge in [0, 0.05) is 24.0 Å². The third kappa shape index (κ3) is 2.93. The van der Waals surface area contributed by atoms with Crippen LogP contribution in [0.3, 0.4) is 0 Å². The normalized spacial score (nSPS) is 15.5. The van der Waals surface area contributed by atoms with Crippen LogP contribution in [0.1, 0.15) is 64.2 Å². The molecule has 0 aromatic carbocycles. The van der Waals surface area contributed by atoms with Crippen LogP contribution in [0.15, 0.2) is 11.4 Å². The van der Waals surface area contributed by atoms with Crippen molar-refractivity contribution in [1.29, 1.82) is 0 Å². The van der Waals surface area contributed by atoms with Gasteiger partial charge in [-0.1, -0.05) is 0 Å². The minimum Gasteiger partial charge on any atom is -0.344 e. The van der Waals surface area contributed by atoms with Crippen LogP contribution in [-0.4, -0.2) is 25.7 Å². The maximum absolute atomic E-state index is 13.0. The van der Waals surface area contributed by atoms with Crippen molar-refractivity contribution < 1.29 is 4.79 Å². The fourth-order valence-corrected chi connectivity index (χ4v) is 3.87. The van der Waals surface area contributed by atoms with E-state index in [1.807, 2.05) is 39.3 Å². The van der Waals surface area contributed by atoms with Crippen LogP contribution < -0.4 is 5.32 Å². The Morgan fingerprint density at radius 3 is 2.76 bits per heavy atom. The highest BCUT2D eigenvalue weighted by Gasteiger charge is 2.28. The molecule has 0 aliphatic heterocycles. The zero-order valence-electron chi connectivity index (χ0n) is 14.8. The zero-order valence-corrected chi connectivity index (χ0v) is 15.6. The predicted octanol–water partition coefficient (Wildman–Crippen LogP) is 3.41. The third-order valence-electron chi connectivity index (χ3n) is 4.66. The first-order valence-corrected chi connectivity index (χ1v) is 9.39. The van der Waals surface area contributed by atoms with E-state index in [1.165, 1.54) is 0 Å². The number of nitrogens with zero attached hydrogens (tertiary/aromatic N) is 4. The van der Waals surface area contributed by atoms with Crippen LogP contribution in [0, 0.1) is 13.8 Å². The second-order valence-corrected chi connectivity index (χ2v) is 7.83. The van der Waals surface area contributed by atoms with Gasteiger partial charge in [-0.25, -0.2) is 9.97 Å². The maximum atomic E-state index is 13.0. The minimum atomic E-state index is -0.137. The Bertz CT molecular complexity index is 969. The maximum Gasteiger partial charge on any atom is 0.252 e. The van der Waals surface area contributed by atoms with Crippen molar-refractivity contribution in [3.05, 3.63) is 39.1 Å². The molecule has 1 amide bonds. The molecule has 3 heterocycles. The van der Waals surface area contributed by atoms with Gasteiger partial charge in [0.15, 0.2) is 5.65 Å². The molecule has 1 aliphatic rings. The van der Waals surface area contributed by atoms with Gasteiger partial charge in [0.25, 0.3) is 5.91 Å². The molecule has 0 saturated heterocycles. The number of pyridine rings is 1. The second-order valence-electron chi connectivity index (χ2n) is 6.76. The van der Waals surface area contributed by atoms with Crippen molar-refractivity contribution in [2.24, 2.45) is 7.05 Å². The molecule has 3 aromatic heterocycles. The summed E-state index contributed by atoms with van der Waals surface area (Å²) in [7, 11) is 1.88. The molecule has 0 spiro atoms. The van der Waals surface area contributed by atoms with Crippen molar-refractivity contribution in [3.8, 4) is 0 Å². The highest BCUT2D eigenvalue weighted by atomic mass is 32.1. The smallest absolute Gasteiger partial charge is 0.252 e. The van der Waals surface area contributed by atoms with E-state index >= 15 is 0 Å². The Labute approximate surface area is 150 Å². The number of nitrogens with one attached hydrogen (secondary N) is 1. The number of carbonyl (C=O) groups is 1. The number of aryl methyl sites for hydroxylation is 3. The Hall–Kier alpha value is -2.28. The number of amides is 1. The summed E-state index contributed by atoms with van der Waals surface area (Å²) in [5, 5.41) is 11.4. The first kappa shape index (κ1) is 16.2. The van der Waals surface area contributed by atoms with E-state index in [1.54, 1.807) is 16.0 Å². The molecule has 25 heavy (non-hydrogen) atoms. The molecular formula is C18H21N5OS. The minimum absolute atomic E-state index is 0.0939. The summed E-state index contributed by atoms with van der Waals surface area (Å²) in [6, 6.07) is 1.81. The van der Waals surface area contributed by atoms with Gasteiger partial charge in [0.05, 0.1) is 33.4 Å². The highest BCUT2D eigenvalue weighted by Crippen LogP contribution is 2.40. The molecule has 1 aliphatic carbocycles. The summed E-state index contributed by atoms with van der Waals surface area (Å²) < 4.78 is 1.76. The molecule has 3 aromatic rings. The van der Waals surface area contributed by atoms with E-state index in [0.29, 0.717) is 11.5 Å². The van der Waals surface area contributed by atoms with Gasteiger partial charge in [0.1, 0.15) is 0 Å². The van der Waals surface area contributed by atoms with E-state index in [9.17, 15) is 4.79 Å². The standard InChI is InChI=1S/C18H21N5OS/c1-9(15-8-25-11(3)20-15)19-18(24)13-7-14(12-5-6-12)21-17-16(13)10(2)22-23(17)4/h7-9,12H,5-6H2,1-4H3,(H,19,24). The van der Waals surface area contributed by atoms with Crippen molar-refractivity contribution in [2.45, 2.75) is 45.6 Å². The van der Waals surface area contributed by atoms with E-state index in [2.05, 4.69) is 15.4 Å². The van der Waals surface area contributed by atoms with Gasteiger partial charge in [0.2, 0.25) is 0 Å². The van der Waals surface area contributed by atoms with Gasteiger partial charge in [-0.2, -0.15) is 5.10 Å².